The van der Waals surface area contributed by atoms with E-state index in [9.17, 15) is 4.79 Å². The van der Waals surface area contributed by atoms with Crippen molar-refractivity contribution in [1.29, 1.82) is 0 Å². The number of amides is 2. The Hall–Kier alpha value is -1.52. The number of hydrogen-bond donors (Lipinski definition) is 3. The molecule has 1 rings (SSSR count). The van der Waals surface area contributed by atoms with Crippen LogP contribution in [-0.4, -0.2) is 22.8 Å². The molecule has 5 heteroatoms. The highest BCUT2D eigenvalue weighted by Crippen LogP contribution is 2.07. The van der Waals surface area contributed by atoms with Crippen LogP contribution in [0.3, 0.4) is 0 Å². The number of H-pyrrole nitrogens is 1. The van der Waals surface area contributed by atoms with E-state index in [2.05, 4.69) is 27.8 Å². The monoisotopic (exact) mass is 196 g/mol. The lowest BCUT2D eigenvalue weighted by molar-refractivity contribution is 0.252. The van der Waals surface area contributed by atoms with Crippen molar-refractivity contribution in [2.45, 2.75) is 26.7 Å². The fourth-order valence-corrected chi connectivity index (χ4v) is 1.01. The molecule has 0 saturated heterocycles. The Balaban J connectivity index is 2.31. The van der Waals surface area contributed by atoms with Gasteiger partial charge in [-0.15, -0.1) is 0 Å². The van der Waals surface area contributed by atoms with Gasteiger partial charge < -0.3 is 5.32 Å². The zero-order valence-corrected chi connectivity index (χ0v) is 8.55. The van der Waals surface area contributed by atoms with E-state index in [0.29, 0.717) is 12.4 Å². The van der Waals surface area contributed by atoms with Gasteiger partial charge in [0.1, 0.15) is 5.82 Å². The average Bonchev–Trinajstić information content (AvgIpc) is 2.52. The van der Waals surface area contributed by atoms with Gasteiger partial charge >= 0.3 is 6.03 Å². The molecule has 0 aliphatic rings. The van der Waals surface area contributed by atoms with Crippen LogP contribution in [-0.2, 0) is 0 Å². The molecule has 0 bridgehead atoms. The summed E-state index contributed by atoms with van der Waals surface area (Å²) in [7, 11) is 0. The van der Waals surface area contributed by atoms with Crippen LogP contribution < -0.4 is 10.6 Å². The molecular weight excluding hydrogens is 180 g/mol. The van der Waals surface area contributed by atoms with Crippen molar-refractivity contribution in [2.75, 3.05) is 11.9 Å². The van der Waals surface area contributed by atoms with Crippen LogP contribution in [0.15, 0.2) is 6.20 Å². The SMILES string of the molecule is CCCCNC(=O)Nc1[nH]ncc1C. The number of unbranched alkanes of at least 4 members (excludes halogenated alkanes) is 1. The third-order valence-corrected chi connectivity index (χ3v) is 1.88. The van der Waals surface area contributed by atoms with Crippen molar-refractivity contribution < 1.29 is 4.79 Å². The first-order valence-corrected chi connectivity index (χ1v) is 4.79. The number of anilines is 1. The molecule has 0 radical (unpaired) electrons. The van der Waals surface area contributed by atoms with Gasteiger partial charge in [0.25, 0.3) is 0 Å². The summed E-state index contributed by atoms with van der Waals surface area (Å²) in [5.74, 6) is 0.652. The van der Waals surface area contributed by atoms with Gasteiger partial charge in [-0.25, -0.2) is 4.79 Å². The van der Waals surface area contributed by atoms with Gasteiger partial charge in [-0.3, -0.25) is 10.4 Å². The fourth-order valence-electron chi connectivity index (χ4n) is 1.01. The van der Waals surface area contributed by atoms with E-state index in [4.69, 9.17) is 0 Å². The number of nitrogens with zero attached hydrogens (tertiary/aromatic N) is 1. The standard InChI is InChI=1S/C9H16N4O/c1-3-4-5-10-9(14)12-8-7(2)6-11-13-8/h6H,3-5H2,1-2H3,(H3,10,11,12,13,14). The summed E-state index contributed by atoms with van der Waals surface area (Å²) in [5.41, 5.74) is 0.927. The summed E-state index contributed by atoms with van der Waals surface area (Å²) in [6.45, 7) is 4.67. The normalized spacial score (nSPS) is 9.86. The molecule has 0 atom stereocenters. The third kappa shape index (κ3) is 3.08. The molecule has 3 N–H and O–H groups in total. The number of urea groups is 1. The third-order valence-electron chi connectivity index (χ3n) is 1.88. The highest BCUT2D eigenvalue weighted by Gasteiger charge is 2.03. The predicted molar refractivity (Wildman–Crippen MR) is 55.3 cm³/mol. The minimum absolute atomic E-state index is 0.189. The van der Waals surface area contributed by atoms with Crippen molar-refractivity contribution >= 4 is 11.8 Å². The topological polar surface area (TPSA) is 69.8 Å². The van der Waals surface area contributed by atoms with Crippen molar-refractivity contribution in [3.8, 4) is 0 Å². The van der Waals surface area contributed by atoms with E-state index in [1.165, 1.54) is 0 Å². The average molecular weight is 196 g/mol. The van der Waals surface area contributed by atoms with Gasteiger partial charge in [-0.1, -0.05) is 13.3 Å². The summed E-state index contributed by atoms with van der Waals surface area (Å²) >= 11 is 0. The molecule has 0 saturated carbocycles. The van der Waals surface area contributed by atoms with Gasteiger partial charge in [0.05, 0.1) is 6.20 Å². The molecule has 1 aromatic heterocycles. The molecule has 0 aliphatic carbocycles. The number of aromatic amines is 1. The number of aryl methyl sites for hydroxylation is 1. The molecular formula is C9H16N4O. The Morgan fingerprint density at radius 2 is 2.43 bits per heavy atom. The maximum atomic E-state index is 11.3. The summed E-state index contributed by atoms with van der Waals surface area (Å²) in [5, 5.41) is 11.9. The number of rotatable bonds is 4. The van der Waals surface area contributed by atoms with Crippen LogP contribution in [0.2, 0.25) is 0 Å². The van der Waals surface area contributed by atoms with E-state index >= 15 is 0 Å². The Labute approximate surface area is 83.3 Å². The van der Waals surface area contributed by atoms with Crippen molar-refractivity contribution in [1.82, 2.24) is 15.5 Å². The second-order valence-electron chi connectivity index (χ2n) is 3.16. The second-order valence-corrected chi connectivity index (χ2v) is 3.16. The van der Waals surface area contributed by atoms with Gasteiger partial charge in [-0.05, 0) is 13.3 Å². The lowest BCUT2D eigenvalue weighted by Gasteiger charge is -2.05. The molecule has 0 aliphatic heterocycles. The maximum absolute atomic E-state index is 11.3. The summed E-state index contributed by atoms with van der Waals surface area (Å²) < 4.78 is 0. The van der Waals surface area contributed by atoms with Crippen LogP contribution in [0.25, 0.3) is 0 Å². The lowest BCUT2D eigenvalue weighted by atomic mass is 10.3. The summed E-state index contributed by atoms with van der Waals surface area (Å²) in [6, 6.07) is -0.189. The fraction of sp³-hybridized carbons (Fsp3) is 0.556. The molecule has 0 fully saturated rings. The second kappa shape index (κ2) is 5.26. The van der Waals surface area contributed by atoms with Gasteiger partial charge in [-0.2, -0.15) is 5.10 Å². The highest BCUT2D eigenvalue weighted by molar-refractivity contribution is 5.88. The Bertz CT molecular complexity index is 295. The van der Waals surface area contributed by atoms with E-state index in [0.717, 1.165) is 18.4 Å². The minimum atomic E-state index is -0.189. The minimum Gasteiger partial charge on any atom is -0.338 e. The lowest BCUT2D eigenvalue weighted by Crippen LogP contribution is -2.29. The van der Waals surface area contributed by atoms with Crippen LogP contribution in [0, 0.1) is 6.92 Å². The maximum Gasteiger partial charge on any atom is 0.320 e. The van der Waals surface area contributed by atoms with Gasteiger partial charge in [0, 0.05) is 12.1 Å². The largest absolute Gasteiger partial charge is 0.338 e. The van der Waals surface area contributed by atoms with E-state index in [-0.39, 0.29) is 6.03 Å². The van der Waals surface area contributed by atoms with Gasteiger partial charge in [0.15, 0.2) is 0 Å². The van der Waals surface area contributed by atoms with Crippen molar-refractivity contribution in [3.05, 3.63) is 11.8 Å². The first-order chi connectivity index (χ1) is 6.74. The number of hydrogen-bond acceptors (Lipinski definition) is 2. The molecule has 5 nitrogen and oxygen atoms in total. The molecule has 0 aromatic carbocycles. The van der Waals surface area contributed by atoms with Crippen LogP contribution in [0.1, 0.15) is 25.3 Å². The Kier molecular flexibility index (Phi) is 3.97. The van der Waals surface area contributed by atoms with E-state index in [1.807, 2.05) is 6.92 Å². The summed E-state index contributed by atoms with van der Waals surface area (Å²) in [6.07, 6.45) is 3.74. The predicted octanol–water partition coefficient (Wildman–Crippen LogP) is 1.64. The Morgan fingerprint density at radius 1 is 1.64 bits per heavy atom. The number of nitrogens with one attached hydrogen (secondary N) is 3. The van der Waals surface area contributed by atoms with Gasteiger partial charge in [0.2, 0.25) is 0 Å². The van der Waals surface area contributed by atoms with Crippen LogP contribution >= 0.6 is 0 Å². The number of carbonyl (C=O) groups is 1. The zero-order valence-electron chi connectivity index (χ0n) is 8.55. The Morgan fingerprint density at radius 3 is 3.00 bits per heavy atom. The number of aromatic nitrogens is 2. The number of carbonyl (C=O) groups excluding carboxylic acids is 1. The van der Waals surface area contributed by atoms with E-state index in [1.54, 1.807) is 6.20 Å². The first kappa shape index (κ1) is 10.6. The smallest absolute Gasteiger partial charge is 0.320 e. The first-order valence-electron chi connectivity index (χ1n) is 4.79. The molecule has 1 aromatic rings. The summed E-state index contributed by atoms with van der Waals surface area (Å²) in [4.78, 5) is 11.3. The van der Waals surface area contributed by atoms with Crippen molar-refractivity contribution in [3.63, 3.8) is 0 Å². The molecule has 14 heavy (non-hydrogen) atoms. The molecule has 0 spiro atoms. The van der Waals surface area contributed by atoms with Crippen LogP contribution in [0.5, 0.6) is 0 Å². The quantitative estimate of drug-likeness (QED) is 0.641. The zero-order chi connectivity index (χ0) is 10.4. The molecule has 2 amide bonds. The highest BCUT2D eigenvalue weighted by atomic mass is 16.2. The molecule has 0 unspecified atom stereocenters. The van der Waals surface area contributed by atoms with Crippen molar-refractivity contribution in [2.24, 2.45) is 0 Å². The molecule has 1 heterocycles. The van der Waals surface area contributed by atoms with E-state index < -0.39 is 0 Å². The molecule has 78 valence electrons. The van der Waals surface area contributed by atoms with Crippen LogP contribution in [0.4, 0.5) is 10.6 Å².